The summed E-state index contributed by atoms with van der Waals surface area (Å²) in [6.07, 6.45) is 1.01. The van der Waals surface area contributed by atoms with Gasteiger partial charge in [0.05, 0.1) is 24.9 Å². The van der Waals surface area contributed by atoms with E-state index in [1.54, 1.807) is 18.4 Å². The number of rotatable bonds is 8. The van der Waals surface area contributed by atoms with Crippen LogP contribution in [0, 0.1) is 0 Å². The number of aryl methyl sites for hydroxylation is 1. The van der Waals surface area contributed by atoms with Crippen LogP contribution in [0.4, 0.5) is 5.69 Å². The third-order valence-corrected chi connectivity index (χ3v) is 5.66. The molecule has 1 heterocycles. The second-order valence-electron chi connectivity index (χ2n) is 6.62. The molecule has 28 heavy (non-hydrogen) atoms. The molecule has 3 rings (SSSR count). The maximum Gasteiger partial charge on any atom is 0.241 e. The molecule has 4 nitrogen and oxygen atoms in total. The fourth-order valence-corrected chi connectivity index (χ4v) is 3.87. The standard InChI is InChI=1S/C23H26N2O2S/c1-4-17-11-13-18(14-12-17)22(21-10-7-15-28-21)24-16(2)23(26)25-19-8-5-6-9-20(19)27-3/h5-16,22,24H,4H2,1-3H3,(H,25,26)/t16-,22+/m0/s1. The number of thiophene rings is 1. The molecule has 146 valence electrons. The van der Waals surface area contributed by atoms with E-state index < -0.39 is 0 Å². The van der Waals surface area contributed by atoms with Crippen LogP contribution in [0.25, 0.3) is 0 Å². The smallest absolute Gasteiger partial charge is 0.241 e. The van der Waals surface area contributed by atoms with E-state index in [2.05, 4.69) is 53.3 Å². The summed E-state index contributed by atoms with van der Waals surface area (Å²) in [6.45, 7) is 4.03. The van der Waals surface area contributed by atoms with Gasteiger partial charge in [0.1, 0.15) is 5.75 Å². The molecular weight excluding hydrogens is 368 g/mol. The third-order valence-electron chi connectivity index (χ3n) is 4.72. The summed E-state index contributed by atoms with van der Waals surface area (Å²) in [6, 6.07) is 19.7. The van der Waals surface area contributed by atoms with E-state index in [1.807, 2.05) is 37.3 Å². The molecule has 0 saturated heterocycles. The molecule has 2 aromatic carbocycles. The monoisotopic (exact) mass is 394 g/mol. The van der Waals surface area contributed by atoms with Crippen molar-refractivity contribution >= 4 is 22.9 Å². The van der Waals surface area contributed by atoms with Crippen molar-refractivity contribution in [2.45, 2.75) is 32.4 Å². The van der Waals surface area contributed by atoms with Gasteiger partial charge in [-0.1, -0.05) is 49.4 Å². The Labute approximate surface area is 170 Å². The summed E-state index contributed by atoms with van der Waals surface area (Å²) in [7, 11) is 1.60. The average Bonchev–Trinajstić information content (AvgIpc) is 3.27. The molecule has 0 spiro atoms. The predicted octanol–water partition coefficient (Wildman–Crippen LogP) is 5.03. The summed E-state index contributed by atoms with van der Waals surface area (Å²) in [5.41, 5.74) is 3.12. The van der Waals surface area contributed by atoms with Crippen molar-refractivity contribution in [1.29, 1.82) is 0 Å². The lowest BCUT2D eigenvalue weighted by atomic mass is 10.0. The largest absolute Gasteiger partial charge is 0.495 e. The van der Waals surface area contributed by atoms with E-state index in [4.69, 9.17) is 4.74 Å². The van der Waals surface area contributed by atoms with Gasteiger partial charge in [-0.3, -0.25) is 10.1 Å². The van der Waals surface area contributed by atoms with Crippen molar-refractivity contribution in [2.24, 2.45) is 0 Å². The highest BCUT2D eigenvalue weighted by Gasteiger charge is 2.22. The molecule has 0 fully saturated rings. The molecule has 0 unspecified atom stereocenters. The molecular formula is C23H26N2O2S. The molecule has 0 bridgehead atoms. The van der Waals surface area contributed by atoms with Crippen LogP contribution in [-0.4, -0.2) is 19.1 Å². The van der Waals surface area contributed by atoms with Crippen LogP contribution in [0.5, 0.6) is 5.75 Å². The van der Waals surface area contributed by atoms with Crippen LogP contribution in [-0.2, 0) is 11.2 Å². The first-order valence-electron chi connectivity index (χ1n) is 9.44. The zero-order valence-electron chi connectivity index (χ0n) is 16.4. The first-order chi connectivity index (χ1) is 13.6. The van der Waals surface area contributed by atoms with Gasteiger partial charge >= 0.3 is 0 Å². The summed E-state index contributed by atoms with van der Waals surface area (Å²) in [5.74, 6) is 0.546. The Morgan fingerprint density at radius 1 is 1.07 bits per heavy atom. The maximum absolute atomic E-state index is 12.8. The number of nitrogens with one attached hydrogen (secondary N) is 2. The lowest BCUT2D eigenvalue weighted by Gasteiger charge is -2.23. The molecule has 0 saturated carbocycles. The van der Waals surface area contributed by atoms with Crippen molar-refractivity contribution in [3.63, 3.8) is 0 Å². The van der Waals surface area contributed by atoms with E-state index in [0.29, 0.717) is 11.4 Å². The summed E-state index contributed by atoms with van der Waals surface area (Å²) in [4.78, 5) is 14.0. The minimum Gasteiger partial charge on any atom is -0.495 e. The Morgan fingerprint density at radius 2 is 1.82 bits per heavy atom. The summed E-state index contributed by atoms with van der Waals surface area (Å²) >= 11 is 1.69. The summed E-state index contributed by atoms with van der Waals surface area (Å²) < 4.78 is 5.32. The second-order valence-corrected chi connectivity index (χ2v) is 7.60. The zero-order valence-corrected chi connectivity index (χ0v) is 17.3. The molecule has 2 N–H and O–H groups in total. The normalized spacial score (nSPS) is 13.0. The number of para-hydroxylation sites is 2. The van der Waals surface area contributed by atoms with Crippen LogP contribution in [0.1, 0.15) is 35.9 Å². The Morgan fingerprint density at radius 3 is 2.46 bits per heavy atom. The molecule has 1 amide bonds. The van der Waals surface area contributed by atoms with E-state index in [9.17, 15) is 4.79 Å². The number of ether oxygens (including phenoxy) is 1. The van der Waals surface area contributed by atoms with Gasteiger partial charge in [0.15, 0.2) is 0 Å². The number of amides is 1. The highest BCUT2D eigenvalue weighted by atomic mass is 32.1. The van der Waals surface area contributed by atoms with Gasteiger partial charge < -0.3 is 10.1 Å². The van der Waals surface area contributed by atoms with Gasteiger partial charge in [0, 0.05) is 4.88 Å². The predicted molar refractivity (Wildman–Crippen MR) is 116 cm³/mol. The SMILES string of the molecule is CCc1ccc([C@@H](N[C@@H](C)C(=O)Nc2ccccc2OC)c2cccs2)cc1. The van der Waals surface area contributed by atoms with Crippen molar-refractivity contribution in [2.75, 3.05) is 12.4 Å². The zero-order chi connectivity index (χ0) is 19.9. The van der Waals surface area contributed by atoms with E-state index in [0.717, 1.165) is 12.0 Å². The highest BCUT2D eigenvalue weighted by Crippen LogP contribution is 2.28. The molecule has 3 aromatic rings. The van der Waals surface area contributed by atoms with Gasteiger partial charge in [-0.2, -0.15) is 0 Å². The van der Waals surface area contributed by atoms with Crippen molar-refractivity contribution in [3.8, 4) is 5.75 Å². The van der Waals surface area contributed by atoms with Crippen LogP contribution in [0.3, 0.4) is 0 Å². The number of carbonyl (C=O) groups excluding carboxylic acids is 1. The van der Waals surface area contributed by atoms with Crippen LogP contribution >= 0.6 is 11.3 Å². The highest BCUT2D eigenvalue weighted by molar-refractivity contribution is 7.10. The number of methoxy groups -OCH3 is 1. The molecule has 0 aliphatic rings. The lowest BCUT2D eigenvalue weighted by molar-refractivity contribution is -0.117. The Hall–Kier alpha value is -2.63. The van der Waals surface area contributed by atoms with E-state index >= 15 is 0 Å². The number of carbonyl (C=O) groups is 1. The number of anilines is 1. The van der Waals surface area contributed by atoms with Gasteiger partial charge in [-0.05, 0) is 48.1 Å². The Bertz CT molecular complexity index is 891. The van der Waals surface area contributed by atoms with Crippen LogP contribution in [0.15, 0.2) is 66.0 Å². The van der Waals surface area contributed by atoms with Gasteiger partial charge in [-0.15, -0.1) is 11.3 Å². The first kappa shape index (κ1) is 20.1. The maximum atomic E-state index is 12.8. The molecule has 5 heteroatoms. The van der Waals surface area contributed by atoms with E-state index in [-0.39, 0.29) is 18.0 Å². The topological polar surface area (TPSA) is 50.4 Å². The third kappa shape index (κ3) is 4.80. The fraction of sp³-hybridized carbons (Fsp3) is 0.261. The van der Waals surface area contributed by atoms with Crippen LogP contribution in [0.2, 0.25) is 0 Å². The second kappa shape index (κ2) is 9.53. The minimum absolute atomic E-state index is 0.0377. The Kier molecular flexibility index (Phi) is 6.85. The molecule has 0 radical (unpaired) electrons. The first-order valence-corrected chi connectivity index (χ1v) is 10.3. The van der Waals surface area contributed by atoms with Gasteiger partial charge in [-0.25, -0.2) is 0 Å². The molecule has 0 aliphatic heterocycles. The van der Waals surface area contributed by atoms with Crippen LogP contribution < -0.4 is 15.4 Å². The van der Waals surface area contributed by atoms with Crippen molar-refractivity contribution in [3.05, 3.63) is 82.0 Å². The molecule has 0 aliphatic carbocycles. The molecule has 2 atom stereocenters. The number of hydrogen-bond acceptors (Lipinski definition) is 4. The van der Waals surface area contributed by atoms with E-state index in [1.165, 1.54) is 10.4 Å². The quantitative estimate of drug-likeness (QED) is 0.564. The number of hydrogen-bond donors (Lipinski definition) is 2. The average molecular weight is 395 g/mol. The van der Waals surface area contributed by atoms with Gasteiger partial charge in [0.25, 0.3) is 0 Å². The lowest BCUT2D eigenvalue weighted by Crippen LogP contribution is -2.40. The fourth-order valence-electron chi connectivity index (χ4n) is 3.06. The van der Waals surface area contributed by atoms with Crippen molar-refractivity contribution < 1.29 is 9.53 Å². The number of benzene rings is 2. The Balaban J connectivity index is 1.77. The minimum atomic E-state index is -0.386. The summed E-state index contributed by atoms with van der Waals surface area (Å²) in [5, 5.41) is 8.51. The molecule has 1 aromatic heterocycles. The van der Waals surface area contributed by atoms with Crippen molar-refractivity contribution in [1.82, 2.24) is 5.32 Å². The van der Waals surface area contributed by atoms with Gasteiger partial charge in [0.2, 0.25) is 5.91 Å².